The highest BCUT2D eigenvalue weighted by atomic mass is 16.3. The van der Waals surface area contributed by atoms with Crippen molar-refractivity contribution >= 4 is 10.8 Å². The Morgan fingerprint density at radius 2 is 1.81 bits per heavy atom. The lowest BCUT2D eigenvalue weighted by Gasteiger charge is -2.18. The molecule has 1 unspecified atom stereocenters. The van der Waals surface area contributed by atoms with E-state index >= 15 is 0 Å². The standard InChI is InChI=1S/C19H21NO/c1-2-20-17(14-18-10-6-12-21-18)13-16-9-5-8-15-7-3-4-11-19(15)16/h3-12,17,20H,2,13-14H2,1H3. The zero-order valence-corrected chi connectivity index (χ0v) is 12.4. The van der Waals surface area contributed by atoms with Crippen molar-refractivity contribution in [3.63, 3.8) is 0 Å². The molecule has 1 N–H and O–H groups in total. The van der Waals surface area contributed by atoms with Gasteiger partial charge in [0.1, 0.15) is 5.76 Å². The SMILES string of the molecule is CCNC(Cc1ccco1)Cc1cccc2ccccc12. The molecule has 2 heteroatoms. The predicted molar refractivity (Wildman–Crippen MR) is 87.5 cm³/mol. The van der Waals surface area contributed by atoms with Crippen LogP contribution in [0.2, 0.25) is 0 Å². The fraction of sp³-hybridized carbons (Fsp3) is 0.263. The highest BCUT2D eigenvalue weighted by Crippen LogP contribution is 2.20. The van der Waals surface area contributed by atoms with Crippen LogP contribution in [0.5, 0.6) is 0 Å². The normalized spacial score (nSPS) is 12.6. The molecule has 0 radical (unpaired) electrons. The van der Waals surface area contributed by atoms with Crippen LogP contribution in [0.15, 0.2) is 65.3 Å². The van der Waals surface area contributed by atoms with Crippen molar-refractivity contribution in [2.45, 2.75) is 25.8 Å². The molecule has 0 saturated carbocycles. The number of nitrogens with one attached hydrogen (secondary N) is 1. The van der Waals surface area contributed by atoms with Gasteiger partial charge < -0.3 is 9.73 Å². The Bertz CT molecular complexity index is 682. The third-order valence-corrected chi connectivity index (χ3v) is 3.87. The first-order chi connectivity index (χ1) is 10.4. The van der Waals surface area contributed by atoms with Crippen LogP contribution in [-0.2, 0) is 12.8 Å². The summed E-state index contributed by atoms with van der Waals surface area (Å²) in [5.41, 5.74) is 1.39. The summed E-state index contributed by atoms with van der Waals surface area (Å²) in [6.07, 6.45) is 3.68. The van der Waals surface area contributed by atoms with Crippen molar-refractivity contribution in [1.29, 1.82) is 0 Å². The average Bonchev–Trinajstić information content (AvgIpc) is 3.01. The summed E-state index contributed by atoms with van der Waals surface area (Å²) in [6.45, 7) is 3.12. The average molecular weight is 279 g/mol. The Kier molecular flexibility index (Phi) is 4.37. The van der Waals surface area contributed by atoms with Gasteiger partial charge in [-0.25, -0.2) is 0 Å². The summed E-state index contributed by atoms with van der Waals surface area (Å²) in [6, 6.07) is 19.5. The number of rotatable bonds is 6. The Morgan fingerprint density at radius 1 is 0.952 bits per heavy atom. The molecule has 0 bridgehead atoms. The number of benzene rings is 2. The van der Waals surface area contributed by atoms with Gasteiger partial charge in [-0.3, -0.25) is 0 Å². The lowest BCUT2D eigenvalue weighted by Crippen LogP contribution is -2.33. The molecule has 2 nitrogen and oxygen atoms in total. The summed E-state index contributed by atoms with van der Waals surface area (Å²) in [4.78, 5) is 0. The molecule has 1 atom stereocenters. The molecule has 21 heavy (non-hydrogen) atoms. The van der Waals surface area contributed by atoms with Gasteiger partial charge in [-0.1, -0.05) is 49.4 Å². The topological polar surface area (TPSA) is 25.2 Å². The van der Waals surface area contributed by atoms with Gasteiger partial charge in [0.2, 0.25) is 0 Å². The molecule has 0 amide bonds. The monoisotopic (exact) mass is 279 g/mol. The Hall–Kier alpha value is -2.06. The van der Waals surface area contributed by atoms with Gasteiger partial charge in [0.05, 0.1) is 6.26 Å². The molecule has 0 aliphatic heterocycles. The number of likely N-dealkylation sites (N-methyl/N-ethyl adjacent to an activating group) is 1. The molecule has 0 aliphatic rings. The van der Waals surface area contributed by atoms with Crippen molar-refractivity contribution in [1.82, 2.24) is 5.32 Å². The number of hydrogen-bond donors (Lipinski definition) is 1. The van der Waals surface area contributed by atoms with Crippen LogP contribution in [-0.4, -0.2) is 12.6 Å². The van der Waals surface area contributed by atoms with E-state index in [4.69, 9.17) is 4.42 Å². The van der Waals surface area contributed by atoms with Gasteiger partial charge in [0.25, 0.3) is 0 Å². The van der Waals surface area contributed by atoms with Crippen LogP contribution in [0.1, 0.15) is 18.2 Å². The minimum absolute atomic E-state index is 0.395. The first kappa shape index (κ1) is 13.9. The number of hydrogen-bond acceptors (Lipinski definition) is 2. The molecular formula is C19H21NO. The first-order valence-corrected chi connectivity index (χ1v) is 7.59. The van der Waals surface area contributed by atoms with Gasteiger partial charge in [-0.05, 0) is 41.4 Å². The third kappa shape index (κ3) is 3.34. The molecule has 3 rings (SSSR count). The van der Waals surface area contributed by atoms with Crippen LogP contribution in [0.4, 0.5) is 0 Å². The lowest BCUT2D eigenvalue weighted by atomic mass is 9.97. The summed E-state index contributed by atoms with van der Waals surface area (Å²) in [7, 11) is 0. The summed E-state index contributed by atoms with van der Waals surface area (Å²) in [5, 5.41) is 6.23. The Labute approximate surface area is 125 Å². The third-order valence-electron chi connectivity index (χ3n) is 3.87. The predicted octanol–water partition coefficient (Wildman–Crippen LogP) is 4.20. The maximum Gasteiger partial charge on any atom is 0.105 e. The van der Waals surface area contributed by atoms with Crippen molar-refractivity contribution in [2.75, 3.05) is 6.54 Å². The molecular weight excluding hydrogens is 258 g/mol. The van der Waals surface area contributed by atoms with Gasteiger partial charge >= 0.3 is 0 Å². The molecule has 0 saturated heterocycles. The van der Waals surface area contributed by atoms with E-state index in [1.165, 1.54) is 16.3 Å². The molecule has 0 fully saturated rings. The zero-order valence-electron chi connectivity index (χ0n) is 12.4. The van der Waals surface area contributed by atoms with Gasteiger partial charge in [-0.2, -0.15) is 0 Å². The molecule has 3 aromatic rings. The smallest absolute Gasteiger partial charge is 0.105 e. The van der Waals surface area contributed by atoms with Crippen LogP contribution in [0, 0.1) is 0 Å². The Balaban J connectivity index is 1.83. The molecule has 108 valence electrons. The number of fused-ring (bicyclic) bond motifs is 1. The lowest BCUT2D eigenvalue weighted by molar-refractivity contribution is 0.445. The van der Waals surface area contributed by atoms with Crippen molar-refractivity contribution in [3.8, 4) is 0 Å². The van der Waals surface area contributed by atoms with Crippen LogP contribution in [0.25, 0.3) is 10.8 Å². The highest BCUT2D eigenvalue weighted by molar-refractivity contribution is 5.85. The second-order valence-corrected chi connectivity index (χ2v) is 5.38. The van der Waals surface area contributed by atoms with Crippen molar-refractivity contribution < 1.29 is 4.42 Å². The second-order valence-electron chi connectivity index (χ2n) is 5.38. The van der Waals surface area contributed by atoms with Gasteiger partial charge in [-0.15, -0.1) is 0 Å². The molecule has 2 aromatic carbocycles. The fourth-order valence-corrected chi connectivity index (χ4v) is 2.91. The van der Waals surface area contributed by atoms with E-state index in [0.29, 0.717) is 6.04 Å². The van der Waals surface area contributed by atoms with E-state index in [1.807, 2.05) is 12.1 Å². The Morgan fingerprint density at radius 3 is 2.62 bits per heavy atom. The summed E-state index contributed by atoms with van der Waals surface area (Å²) < 4.78 is 5.50. The largest absolute Gasteiger partial charge is 0.469 e. The van der Waals surface area contributed by atoms with E-state index in [2.05, 4.69) is 54.7 Å². The van der Waals surface area contributed by atoms with Crippen LogP contribution in [0.3, 0.4) is 0 Å². The fourth-order valence-electron chi connectivity index (χ4n) is 2.91. The van der Waals surface area contributed by atoms with E-state index in [9.17, 15) is 0 Å². The summed E-state index contributed by atoms with van der Waals surface area (Å²) >= 11 is 0. The van der Waals surface area contributed by atoms with E-state index < -0.39 is 0 Å². The van der Waals surface area contributed by atoms with E-state index in [-0.39, 0.29) is 0 Å². The maximum atomic E-state index is 5.50. The zero-order chi connectivity index (χ0) is 14.5. The first-order valence-electron chi connectivity index (χ1n) is 7.59. The van der Waals surface area contributed by atoms with E-state index in [1.54, 1.807) is 6.26 Å². The molecule has 0 spiro atoms. The van der Waals surface area contributed by atoms with Crippen LogP contribution < -0.4 is 5.32 Å². The van der Waals surface area contributed by atoms with E-state index in [0.717, 1.165) is 25.1 Å². The maximum absolute atomic E-state index is 5.50. The minimum atomic E-state index is 0.395. The minimum Gasteiger partial charge on any atom is -0.469 e. The molecule has 0 aliphatic carbocycles. The highest BCUT2D eigenvalue weighted by Gasteiger charge is 2.12. The van der Waals surface area contributed by atoms with Gasteiger partial charge in [0, 0.05) is 12.5 Å². The number of furan rings is 1. The van der Waals surface area contributed by atoms with Crippen LogP contribution >= 0.6 is 0 Å². The quantitative estimate of drug-likeness (QED) is 0.731. The van der Waals surface area contributed by atoms with Crippen molar-refractivity contribution in [2.24, 2.45) is 0 Å². The molecule has 1 heterocycles. The van der Waals surface area contributed by atoms with Crippen molar-refractivity contribution in [3.05, 3.63) is 72.2 Å². The summed E-state index contributed by atoms with van der Waals surface area (Å²) in [5.74, 6) is 1.04. The molecule has 1 aromatic heterocycles. The second kappa shape index (κ2) is 6.59. The van der Waals surface area contributed by atoms with Gasteiger partial charge in [0.15, 0.2) is 0 Å².